The van der Waals surface area contributed by atoms with Gasteiger partial charge in [0.1, 0.15) is 5.82 Å². The van der Waals surface area contributed by atoms with E-state index in [2.05, 4.69) is 10.4 Å². The van der Waals surface area contributed by atoms with Crippen LogP contribution in [0.2, 0.25) is 0 Å². The van der Waals surface area contributed by atoms with Crippen molar-refractivity contribution < 1.29 is 4.79 Å². The summed E-state index contributed by atoms with van der Waals surface area (Å²) in [5, 5.41) is 7.42. The van der Waals surface area contributed by atoms with E-state index in [1.807, 2.05) is 37.4 Å². The highest BCUT2D eigenvalue weighted by Gasteiger charge is 2.22. The van der Waals surface area contributed by atoms with E-state index in [1.54, 1.807) is 4.68 Å². The fourth-order valence-corrected chi connectivity index (χ4v) is 2.88. The van der Waals surface area contributed by atoms with E-state index < -0.39 is 0 Å². The molecule has 3 rings (SSSR count). The summed E-state index contributed by atoms with van der Waals surface area (Å²) in [7, 11) is 1.87. The fourth-order valence-electron chi connectivity index (χ4n) is 2.88. The van der Waals surface area contributed by atoms with Crippen LogP contribution in [-0.4, -0.2) is 15.7 Å². The predicted octanol–water partition coefficient (Wildman–Crippen LogP) is 2.36. The Hall–Kier alpha value is -1.85. The Kier molecular flexibility index (Phi) is 5.21. The summed E-state index contributed by atoms with van der Waals surface area (Å²) in [6.45, 7) is 0. The van der Waals surface area contributed by atoms with Crippen molar-refractivity contribution in [2.45, 2.75) is 31.7 Å². The van der Waals surface area contributed by atoms with Crippen molar-refractivity contribution in [3.63, 3.8) is 0 Å². The second-order valence-corrected chi connectivity index (χ2v) is 5.52. The van der Waals surface area contributed by atoms with Crippen molar-refractivity contribution in [2.24, 2.45) is 12.8 Å². The Balaban J connectivity index is 0.00000176. The zero-order valence-corrected chi connectivity index (χ0v) is 13.4. The molecule has 1 aliphatic rings. The molecule has 0 spiro atoms. The van der Waals surface area contributed by atoms with Crippen LogP contribution in [0, 0.1) is 0 Å². The molecule has 22 heavy (non-hydrogen) atoms. The van der Waals surface area contributed by atoms with Gasteiger partial charge in [0.25, 0.3) is 0 Å². The van der Waals surface area contributed by atoms with Crippen molar-refractivity contribution in [3.8, 4) is 0 Å². The number of aryl methyl sites for hydroxylation is 2. The van der Waals surface area contributed by atoms with Crippen molar-refractivity contribution in [1.29, 1.82) is 0 Å². The van der Waals surface area contributed by atoms with Gasteiger partial charge in [-0.05, 0) is 24.8 Å². The van der Waals surface area contributed by atoms with E-state index in [9.17, 15) is 4.79 Å². The highest BCUT2D eigenvalue weighted by Crippen LogP contribution is 2.28. The molecule has 118 valence electrons. The maximum atomic E-state index is 12.2. The summed E-state index contributed by atoms with van der Waals surface area (Å²) in [5.41, 5.74) is 9.36. The number of amides is 1. The first-order chi connectivity index (χ1) is 10.1. The topological polar surface area (TPSA) is 72.9 Å². The van der Waals surface area contributed by atoms with E-state index in [1.165, 1.54) is 5.56 Å². The van der Waals surface area contributed by atoms with E-state index >= 15 is 0 Å². The van der Waals surface area contributed by atoms with Crippen LogP contribution in [0.5, 0.6) is 0 Å². The summed E-state index contributed by atoms with van der Waals surface area (Å²) >= 11 is 0. The standard InChI is InChI=1S/C16H20N4O.ClH/c1-20-16(12-8-5-9-14(12)19-20)18-15(21)10-13(17)11-6-3-2-4-7-11;/h2-4,6-7,13H,5,8-10,17H2,1H3,(H,18,21);1H. The molecule has 0 saturated carbocycles. The molecular formula is C16H21ClN4O. The van der Waals surface area contributed by atoms with Gasteiger partial charge in [0.05, 0.1) is 5.69 Å². The quantitative estimate of drug-likeness (QED) is 0.908. The first-order valence-corrected chi connectivity index (χ1v) is 7.30. The highest BCUT2D eigenvalue weighted by atomic mass is 35.5. The van der Waals surface area contributed by atoms with Crippen LogP contribution < -0.4 is 11.1 Å². The lowest BCUT2D eigenvalue weighted by atomic mass is 10.0. The predicted molar refractivity (Wildman–Crippen MR) is 89.1 cm³/mol. The molecule has 0 bridgehead atoms. The minimum Gasteiger partial charge on any atom is -0.324 e. The van der Waals surface area contributed by atoms with Gasteiger partial charge >= 0.3 is 0 Å². The van der Waals surface area contributed by atoms with Gasteiger partial charge in [-0.2, -0.15) is 5.10 Å². The number of benzene rings is 1. The average molecular weight is 321 g/mol. The molecule has 1 atom stereocenters. The number of anilines is 1. The van der Waals surface area contributed by atoms with E-state index in [-0.39, 0.29) is 30.8 Å². The van der Waals surface area contributed by atoms with Crippen molar-refractivity contribution in [3.05, 3.63) is 47.2 Å². The lowest BCUT2D eigenvalue weighted by Crippen LogP contribution is -2.22. The molecule has 3 N–H and O–H groups in total. The molecule has 1 amide bonds. The molecular weight excluding hydrogens is 300 g/mol. The van der Waals surface area contributed by atoms with Gasteiger partial charge in [-0.25, -0.2) is 0 Å². The number of rotatable bonds is 4. The highest BCUT2D eigenvalue weighted by molar-refractivity contribution is 5.91. The van der Waals surface area contributed by atoms with Gasteiger partial charge in [0, 0.05) is 25.1 Å². The lowest BCUT2D eigenvalue weighted by Gasteiger charge is -2.13. The summed E-state index contributed by atoms with van der Waals surface area (Å²) in [5.74, 6) is 0.761. The number of hydrogen-bond acceptors (Lipinski definition) is 3. The van der Waals surface area contributed by atoms with Gasteiger partial charge in [0.15, 0.2) is 0 Å². The minimum absolute atomic E-state index is 0. The Bertz CT molecular complexity index is 654. The molecule has 1 aromatic carbocycles. The molecule has 0 radical (unpaired) electrons. The number of hydrogen-bond donors (Lipinski definition) is 2. The average Bonchev–Trinajstić information content (AvgIpc) is 3.03. The van der Waals surface area contributed by atoms with Crippen LogP contribution in [0.1, 0.15) is 35.7 Å². The Morgan fingerprint density at radius 3 is 2.82 bits per heavy atom. The van der Waals surface area contributed by atoms with Gasteiger partial charge in [-0.1, -0.05) is 30.3 Å². The van der Waals surface area contributed by atoms with Crippen LogP contribution >= 0.6 is 12.4 Å². The third-order valence-corrected chi connectivity index (χ3v) is 3.96. The van der Waals surface area contributed by atoms with Gasteiger partial charge in [-0.15, -0.1) is 12.4 Å². The second kappa shape index (κ2) is 6.94. The molecule has 0 fully saturated rings. The second-order valence-electron chi connectivity index (χ2n) is 5.52. The number of fused-ring (bicyclic) bond motifs is 1. The maximum Gasteiger partial charge on any atom is 0.227 e. The number of halogens is 1. The third-order valence-electron chi connectivity index (χ3n) is 3.96. The van der Waals surface area contributed by atoms with E-state index in [4.69, 9.17) is 5.73 Å². The Morgan fingerprint density at radius 1 is 1.36 bits per heavy atom. The van der Waals surface area contributed by atoms with Gasteiger partial charge in [0.2, 0.25) is 5.91 Å². The summed E-state index contributed by atoms with van der Waals surface area (Å²) in [4.78, 5) is 12.2. The van der Waals surface area contributed by atoms with Crippen LogP contribution in [0.3, 0.4) is 0 Å². The Labute approximate surface area is 136 Å². The van der Waals surface area contributed by atoms with Crippen LogP contribution in [-0.2, 0) is 24.7 Å². The van der Waals surface area contributed by atoms with Crippen molar-refractivity contribution >= 4 is 24.1 Å². The SMILES string of the molecule is Cl.Cn1nc2c(c1NC(=O)CC(N)c1ccccc1)CCC2. The first kappa shape index (κ1) is 16.5. The molecule has 1 aromatic heterocycles. The molecule has 1 heterocycles. The maximum absolute atomic E-state index is 12.2. The molecule has 0 aliphatic heterocycles. The monoisotopic (exact) mass is 320 g/mol. The smallest absolute Gasteiger partial charge is 0.227 e. The zero-order chi connectivity index (χ0) is 14.8. The lowest BCUT2D eigenvalue weighted by molar-refractivity contribution is -0.116. The minimum atomic E-state index is -0.285. The number of nitrogens with two attached hydrogens (primary N) is 1. The van der Waals surface area contributed by atoms with E-state index in [0.717, 1.165) is 36.3 Å². The molecule has 1 aliphatic carbocycles. The van der Waals surface area contributed by atoms with Gasteiger partial charge < -0.3 is 11.1 Å². The summed E-state index contributed by atoms with van der Waals surface area (Å²) in [6.07, 6.45) is 3.38. The normalized spacial score (nSPS) is 14.1. The summed E-state index contributed by atoms with van der Waals surface area (Å²) < 4.78 is 1.76. The molecule has 5 nitrogen and oxygen atoms in total. The number of nitrogens with zero attached hydrogens (tertiary/aromatic N) is 2. The largest absolute Gasteiger partial charge is 0.324 e. The van der Waals surface area contributed by atoms with Crippen LogP contribution in [0.15, 0.2) is 30.3 Å². The number of nitrogens with one attached hydrogen (secondary N) is 1. The molecule has 0 saturated heterocycles. The van der Waals surface area contributed by atoms with E-state index in [0.29, 0.717) is 0 Å². The van der Waals surface area contributed by atoms with Crippen molar-refractivity contribution in [1.82, 2.24) is 9.78 Å². The number of carbonyl (C=O) groups excluding carboxylic acids is 1. The Morgan fingerprint density at radius 2 is 2.09 bits per heavy atom. The van der Waals surface area contributed by atoms with Crippen LogP contribution in [0.25, 0.3) is 0 Å². The zero-order valence-electron chi connectivity index (χ0n) is 12.6. The van der Waals surface area contributed by atoms with Gasteiger partial charge in [-0.3, -0.25) is 9.48 Å². The number of carbonyl (C=O) groups is 1. The van der Waals surface area contributed by atoms with Crippen LogP contribution in [0.4, 0.5) is 5.82 Å². The first-order valence-electron chi connectivity index (χ1n) is 7.30. The summed E-state index contributed by atoms with van der Waals surface area (Å²) in [6, 6.07) is 9.41. The molecule has 6 heteroatoms. The molecule has 2 aromatic rings. The number of aromatic nitrogens is 2. The fraction of sp³-hybridized carbons (Fsp3) is 0.375. The van der Waals surface area contributed by atoms with Crippen molar-refractivity contribution in [2.75, 3.05) is 5.32 Å². The third kappa shape index (κ3) is 3.31. The molecule has 1 unspecified atom stereocenters.